The highest BCUT2D eigenvalue weighted by molar-refractivity contribution is 5.79. The fourth-order valence-corrected chi connectivity index (χ4v) is 2.44. The Morgan fingerprint density at radius 1 is 1.40 bits per heavy atom. The van der Waals surface area contributed by atoms with Gasteiger partial charge in [0, 0.05) is 52.0 Å². The largest absolute Gasteiger partial charge is 0.369 e. The first kappa shape index (κ1) is 14.5. The number of primary amides is 1. The van der Waals surface area contributed by atoms with Gasteiger partial charge in [-0.15, -0.1) is 0 Å². The van der Waals surface area contributed by atoms with Crippen LogP contribution in [0.3, 0.4) is 0 Å². The molecular weight excluding hydrogens is 256 g/mol. The van der Waals surface area contributed by atoms with Crippen LogP contribution in [-0.2, 0) is 16.1 Å². The minimum Gasteiger partial charge on any atom is -0.369 e. The number of carbonyl (C=O) groups is 2. The van der Waals surface area contributed by atoms with Crippen LogP contribution in [-0.4, -0.2) is 52.8 Å². The Hall–Kier alpha value is -1.95. The molecule has 2 amide bonds. The summed E-state index contributed by atoms with van der Waals surface area (Å²) in [6, 6.07) is 3.89. The Morgan fingerprint density at radius 2 is 2.20 bits per heavy atom. The quantitative estimate of drug-likeness (QED) is 0.832. The maximum atomic E-state index is 11.5. The Morgan fingerprint density at radius 3 is 2.80 bits per heavy atom. The number of nitrogens with zero attached hydrogens (tertiary/aromatic N) is 3. The van der Waals surface area contributed by atoms with E-state index in [0.717, 1.165) is 12.1 Å². The van der Waals surface area contributed by atoms with Crippen molar-refractivity contribution in [2.45, 2.75) is 13.5 Å². The van der Waals surface area contributed by atoms with Crippen LogP contribution in [0.2, 0.25) is 0 Å². The molecule has 1 aliphatic heterocycles. The molecule has 1 saturated heterocycles. The van der Waals surface area contributed by atoms with E-state index in [0.29, 0.717) is 26.2 Å². The molecule has 20 heavy (non-hydrogen) atoms. The van der Waals surface area contributed by atoms with Crippen LogP contribution in [0.25, 0.3) is 0 Å². The number of carbonyl (C=O) groups excluding carboxylic acids is 2. The van der Waals surface area contributed by atoms with E-state index in [1.807, 2.05) is 18.3 Å². The lowest BCUT2D eigenvalue weighted by molar-refractivity contribution is -0.130. The third-order valence-electron chi connectivity index (χ3n) is 3.58. The average molecular weight is 276 g/mol. The van der Waals surface area contributed by atoms with Crippen LogP contribution in [0.15, 0.2) is 24.5 Å². The predicted octanol–water partition coefficient (Wildman–Crippen LogP) is -0.153. The van der Waals surface area contributed by atoms with Gasteiger partial charge in [0.15, 0.2) is 0 Å². The first-order valence-corrected chi connectivity index (χ1v) is 6.72. The smallest absolute Gasteiger partial charge is 0.223 e. The zero-order valence-electron chi connectivity index (χ0n) is 11.7. The highest BCUT2D eigenvalue weighted by Gasteiger charge is 2.27. The summed E-state index contributed by atoms with van der Waals surface area (Å²) in [6.45, 7) is 4.58. The molecule has 0 unspecified atom stereocenters. The van der Waals surface area contributed by atoms with Crippen LogP contribution in [0, 0.1) is 5.92 Å². The van der Waals surface area contributed by atoms with E-state index in [1.165, 1.54) is 6.92 Å². The van der Waals surface area contributed by atoms with Crippen LogP contribution in [0.1, 0.15) is 12.5 Å². The second kappa shape index (κ2) is 6.47. The van der Waals surface area contributed by atoms with Crippen LogP contribution < -0.4 is 5.73 Å². The first-order valence-electron chi connectivity index (χ1n) is 6.72. The maximum Gasteiger partial charge on any atom is 0.223 e. The minimum absolute atomic E-state index is 0.0144. The van der Waals surface area contributed by atoms with Gasteiger partial charge in [0.25, 0.3) is 0 Å². The summed E-state index contributed by atoms with van der Waals surface area (Å²) in [7, 11) is 0. The van der Waals surface area contributed by atoms with Crippen molar-refractivity contribution in [3.63, 3.8) is 0 Å². The molecule has 108 valence electrons. The van der Waals surface area contributed by atoms with Gasteiger partial charge >= 0.3 is 0 Å². The van der Waals surface area contributed by atoms with E-state index in [2.05, 4.69) is 9.88 Å². The van der Waals surface area contributed by atoms with Gasteiger partial charge in [-0.25, -0.2) is 0 Å². The number of amides is 2. The van der Waals surface area contributed by atoms with E-state index in [-0.39, 0.29) is 17.7 Å². The lowest BCUT2D eigenvalue weighted by atomic mass is 10.1. The van der Waals surface area contributed by atoms with E-state index in [1.54, 1.807) is 11.1 Å². The molecule has 1 atom stereocenters. The van der Waals surface area contributed by atoms with Crippen molar-refractivity contribution < 1.29 is 9.59 Å². The monoisotopic (exact) mass is 276 g/mol. The molecule has 2 heterocycles. The van der Waals surface area contributed by atoms with Crippen LogP contribution in [0.4, 0.5) is 0 Å². The number of nitrogens with two attached hydrogens (primary N) is 1. The third-order valence-corrected chi connectivity index (χ3v) is 3.58. The van der Waals surface area contributed by atoms with Crippen molar-refractivity contribution in [1.29, 1.82) is 0 Å². The van der Waals surface area contributed by atoms with E-state index < -0.39 is 0 Å². The summed E-state index contributed by atoms with van der Waals surface area (Å²) in [5, 5.41) is 0. The van der Waals surface area contributed by atoms with Gasteiger partial charge in [-0.2, -0.15) is 0 Å². The number of rotatable bonds is 3. The van der Waals surface area contributed by atoms with Gasteiger partial charge in [0.1, 0.15) is 0 Å². The SMILES string of the molecule is CC(=O)N1CCN(Cc2cccnc2)C[C@H](C(N)=O)C1. The van der Waals surface area contributed by atoms with E-state index >= 15 is 0 Å². The number of pyridine rings is 1. The van der Waals surface area contributed by atoms with Crippen molar-refractivity contribution in [3.8, 4) is 0 Å². The molecule has 6 nitrogen and oxygen atoms in total. The molecule has 0 saturated carbocycles. The van der Waals surface area contributed by atoms with E-state index in [9.17, 15) is 9.59 Å². The molecule has 0 aliphatic carbocycles. The highest BCUT2D eigenvalue weighted by atomic mass is 16.2. The molecule has 1 aromatic heterocycles. The Labute approximate surface area is 118 Å². The minimum atomic E-state index is -0.352. The van der Waals surface area contributed by atoms with Gasteiger partial charge in [-0.1, -0.05) is 6.07 Å². The lowest BCUT2D eigenvalue weighted by Gasteiger charge is -2.21. The fraction of sp³-hybridized carbons (Fsp3) is 0.500. The Kier molecular flexibility index (Phi) is 4.68. The summed E-state index contributed by atoms with van der Waals surface area (Å²) in [5.74, 6) is -0.688. The molecule has 1 aliphatic rings. The van der Waals surface area contributed by atoms with Gasteiger partial charge in [-0.05, 0) is 11.6 Å². The molecule has 2 N–H and O–H groups in total. The van der Waals surface area contributed by atoms with Crippen molar-refractivity contribution in [3.05, 3.63) is 30.1 Å². The molecule has 0 spiro atoms. The zero-order chi connectivity index (χ0) is 14.5. The normalized spacial score (nSPS) is 20.4. The van der Waals surface area contributed by atoms with Gasteiger partial charge in [0.05, 0.1) is 5.92 Å². The summed E-state index contributed by atoms with van der Waals surface area (Å²) < 4.78 is 0. The lowest BCUT2D eigenvalue weighted by Crippen LogP contribution is -2.39. The fourth-order valence-electron chi connectivity index (χ4n) is 2.44. The highest BCUT2D eigenvalue weighted by Crippen LogP contribution is 2.12. The van der Waals surface area contributed by atoms with Crippen LogP contribution in [0.5, 0.6) is 0 Å². The number of hydrogen-bond acceptors (Lipinski definition) is 4. The maximum absolute atomic E-state index is 11.5. The average Bonchev–Trinajstić information content (AvgIpc) is 2.63. The zero-order valence-corrected chi connectivity index (χ0v) is 11.7. The standard InChI is InChI=1S/C14H20N4O2/c1-11(19)18-6-5-17(9-13(10-18)14(15)20)8-12-3-2-4-16-7-12/h2-4,7,13H,5-6,8-10H2,1H3,(H2,15,20)/t13-/m0/s1. The molecule has 6 heteroatoms. The third kappa shape index (κ3) is 3.77. The van der Waals surface area contributed by atoms with Gasteiger partial charge in [0.2, 0.25) is 11.8 Å². The summed E-state index contributed by atoms with van der Waals surface area (Å²) in [5.41, 5.74) is 6.53. The number of aromatic nitrogens is 1. The summed E-state index contributed by atoms with van der Waals surface area (Å²) >= 11 is 0. The first-order chi connectivity index (χ1) is 9.56. The van der Waals surface area contributed by atoms with Crippen LogP contribution >= 0.6 is 0 Å². The summed E-state index contributed by atoms with van der Waals surface area (Å²) in [6.07, 6.45) is 3.54. The van der Waals surface area contributed by atoms with Crippen molar-refractivity contribution in [1.82, 2.24) is 14.8 Å². The molecule has 1 fully saturated rings. The van der Waals surface area contributed by atoms with Crippen molar-refractivity contribution >= 4 is 11.8 Å². The Balaban J connectivity index is 2.06. The molecule has 1 aromatic rings. The predicted molar refractivity (Wildman–Crippen MR) is 74.5 cm³/mol. The molecule has 2 rings (SSSR count). The number of hydrogen-bond donors (Lipinski definition) is 1. The topological polar surface area (TPSA) is 79.5 Å². The summed E-state index contributed by atoms with van der Waals surface area (Å²) in [4.78, 5) is 31.0. The second-order valence-corrected chi connectivity index (χ2v) is 5.16. The molecule has 0 aromatic carbocycles. The second-order valence-electron chi connectivity index (χ2n) is 5.16. The van der Waals surface area contributed by atoms with Crippen molar-refractivity contribution in [2.75, 3.05) is 26.2 Å². The van der Waals surface area contributed by atoms with Gasteiger partial charge < -0.3 is 10.6 Å². The van der Waals surface area contributed by atoms with Crippen molar-refractivity contribution in [2.24, 2.45) is 11.7 Å². The molecule has 0 radical (unpaired) electrons. The van der Waals surface area contributed by atoms with E-state index in [4.69, 9.17) is 5.73 Å². The molecular formula is C14H20N4O2. The van der Waals surface area contributed by atoms with Gasteiger partial charge in [-0.3, -0.25) is 19.5 Å². The molecule has 0 bridgehead atoms. The Bertz CT molecular complexity index is 477.